The first-order valence-electron chi connectivity index (χ1n) is 6.79. The van der Waals surface area contributed by atoms with E-state index in [1.165, 1.54) is 6.39 Å². The number of oxazole rings is 1. The molecule has 0 aliphatic rings. The number of hydrogen-bond donors (Lipinski definition) is 2. The van der Waals surface area contributed by atoms with E-state index in [2.05, 4.69) is 10.3 Å². The van der Waals surface area contributed by atoms with Crippen LogP contribution in [0.15, 0.2) is 51.8 Å². The highest BCUT2D eigenvalue weighted by Gasteiger charge is 2.10. The van der Waals surface area contributed by atoms with Crippen LogP contribution in [0.4, 0.5) is 5.69 Å². The van der Waals surface area contributed by atoms with Crippen LogP contribution in [0.25, 0.3) is 11.3 Å². The van der Waals surface area contributed by atoms with Gasteiger partial charge in [0.2, 0.25) is 0 Å². The van der Waals surface area contributed by atoms with Crippen LogP contribution in [0.2, 0.25) is 0 Å². The molecule has 114 valence electrons. The Morgan fingerprint density at radius 2 is 2.09 bits per heavy atom. The maximum Gasteiger partial charge on any atom is 0.181 e. The van der Waals surface area contributed by atoms with Crippen LogP contribution in [-0.2, 0) is 13.2 Å². The van der Waals surface area contributed by atoms with Crippen LogP contribution in [0.3, 0.4) is 0 Å². The number of nitrogens with zero attached hydrogens (tertiary/aromatic N) is 1. The smallest absolute Gasteiger partial charge is 0.181 e. The minimum Gasteiger partial charge on any atom is -0.496 e. The van der Waals surface area contributed by atoms with Gasteiger partial charge in [0, 0.05) is 11.8 Å². The van der Waals surface area contributed by atoms with E-state index in [0.29, 0.717) is 23.8 Å². The maximum absolute atomic E-state index is 8.98. The summed E-state index contributed by atoms with van der Waals surface area (Å²) in [6.07, 6.45) is 3.03. The lowest BCUT2D eigenvalue weighted by atomic mass is 10.1. The fraction of sp³-hybridized carbons (Fsp3) is 0.188. The normalized spacial score (nSPS) is 10.6. The number of hydrogen-bond acceptors (Lipinski definition) is 6. The van der Waals surface area contributed by atoms with Gasteiger partial charge in [-0.1, -0.05) is 0 Å². The highest BCUT2D eigenvalue weighted by molar-refractivity contribution is 5.69. The van der Waals surface area contributed by atoms with Gasteiger partial charge in [-0.3, -0.25) is 0 Å². The SMILES string of the molecule is COc1cc(NCc2ccc(CO)o2)ccc1-c1cnco1. The Balaban J connectivity index is 1.74. The zero-order valence-corrected chi connectivity index (χ0v) is 12.1. The molecule has 3 rings (SSSR count). The Morgan fingerprint density at radius 3 is 2.77 bits per heavy atom. The standard InChI is InChI=1S/C16H16N2O4/c1-20-15-6-11(2-5-14(15)16-8-17-10-21-16)18-7-12-3-4-13(9-19)22-12/h2-6,8,10,18-19H,7,9H2,1H3. The quantitative estimate of drug-likeness (QED) is 0.728. The van der Waals surface area contributed by atoms with Crippen molar-refractivity contribution in [2.75, 3.05) is 12.4 Å². The molecule has 1 aromatic carbocycles. The summed E-state index contributed by atoms with van der Waals surface area (Å²) in [6, 6.07) is 9.30. The van der Waals surface area contributed by atoms with Gasteiger partial charge in [0.1, 0.15) is 23.9 Å². The van der Waals surface area contributed by atoms with Crippen LogP contribution in [0, 0.1) is 0 Å². The number of aliphatic hydroxyl groups is 1. The average molecular weight is 300 g/mol. The Bertz CT molecular complexity index is 734. The summed E-state index contributed by atoms with van der Waals surface area (Å²) in [6.45, 7) is 0.421. The second-order valence-electron chi connectivity index (χ2n) is 4.66. The highest BCUT2D eigenvalue weighted by atomic mass is 16.5. The number of anilines is 1. The average Bonchev–Trinajstić information content (AvgIpc) is 3.24. The van der Waals surface area contributed by atoms with Gasteiger partial charge < -0.3 is 24.0 Å². The lowest BCUT2D eigenvalue weighted by Crippen LogP contribution is -1.99. The number of benzene rings is 1. The van der Waals surface area contributed by atoms with Crippen LogP contribution < -0.4 is 10.1 Å². The first-order valence-corrected chi connectivity index (χ1v) is 6.79. The number of aliphatic hydroxyl groups excluding tert-OH is 1. The van der Waals surface area contributed by atoms with Crippen LogP contribution in [0.1, 0.15) is 11.5 Å². The molecule has 0 amide bonds. The molecule has 0 spiro atoms. The predicted octanol–water partition coefficient (Wildman–Crippen LogP) is 3.05. The molecule has 0 saturated carbocycles. The van der Waals surface area contributed by atoms with Crippen LogP contribution >= 0.6 is 0 Å². The molecule has 0 aliphatic heterocycles. The van der Waals surface area contributed by atoms with Gasteiger partial charge in [0.25, 0.3) is 0 Å². The van der Waals surface area contributed by atoms with Crippen molar-refractivity contribution in [1.82, 2.24) is 4.98 Å². The highest BCUT2D eigenvalue weighted by Crippen LogP contribution is 2.32. The van der Waals surface area contributed by atoms with Gasteiger partial charge in [-0.25, -0.2) is 4.98 Å². The number of nitrogens with one attached hydrogen (secondary N) is 1. The topological polar surface area (TPSA) is 80.7 Å². The van der Waals surface area contributed by atoms with Crippen molar-refractivity contribution in [1.29, 1.82) is 0 Å². The Kier molecular flexibility index (Phi) is 4.11. The third kappa shape index (κ3) is 2.96. The monoisotopic (exact) mass is 300 g/mol. The molecular formula is C16H16N2O4. The summed E-state index contributed by atoms with van der Waals surface area (Å²) in [5.41, 5.74) is 1.73. The molecule has 0 unspecified atom stereocenters. The molecule has 0 saturated heterocycles. The molecule has 3 aromatic rings. The molecule has 2 heterocycles. The first-order chi connectivity index (χ1) is 10.8. The van der Waals surface area contributed by atoms with Gasteiger partial charge in [0.05, 0.1) is 25.4 Å². The van der Waals surface area contributed by atoms with Crippen LogP contribution in [-0.4, -0.2) is 17.2 Å². The van der Waals surface area contributed by atoms with E-state index in [-0.39, 0.29) is 6.61 Å². The fourth-order valence-corrected chi connectivity index (χ4v) is 2.15. The Morgan fingerprint density at radius 1 is 1.23 bits per heavy atom. The molecule has 0 fully saturated rings. The zero-order valence-electron chi connectivity index (χ0n) is 12.1. The first kappa shape index (κ1) is 14.2. The Labute approximate surface area is 127 Å². The number of aromatic nitrogens is 1. The number of rotatable bonds is 6. The Hall–Kier alpha value is -2.73. The third-order valence-corrected chi connectivity index (χ3v) is 3.24. The maximum atomic E-state index is 8.98. The summed E-state index contributed by atoms with van der Waals surface area (Å²) in [7, 11) is 1.61. The molecule has 2 aromatic heterocycles. The molecule has 0 aliphatic carbocycles. The second-order valence-corrected chi connectivity index (χ2v) is 4.66. The van der Waals surface area contributed by atoms with E-state index >= 15 is 0 Å². The van der Waals surface area contributed by atoms with Gasteiger partial charge >= 0.3 is 0 Å². The van der Waals surface area contributed by atoms with Crippen molar-refractivity contribution >= 4 is 5.69 Å². The second kappa shape index (κ2) is 6.36. The fourth-order valence-electron chi connectivity index (χ4n) is 2.15. The molecular weight excluding hydrogens is 284 g/mol. The largest absolute Gasteiger partial charge is 0.496 e. The summed E-state index contributed by atoms with van der Waals surface area (Å²) < 4.78 is 16.1. The molecule has 0 bridgehead atoms. The van der Waals surface area contributed by atoms with Crippen molar-refractivity contribution in [3.05, 3.63) is 54.4 Å². The van der Waals surface area contributed by atoms with E-state index < -0.39 is 0 Å². The minimum atomic E-state index is -0.0975. The van der Waals surface area contributed by atoms with E-state index in [1.807, 2.05) is 24.3 Å². The molecule has 0 atom stereocenters. The van der Waals surface area contributed by atoms with Crippen LogP contribution in [0.5, 0.6) is 5.75 Å². The molecule has 6 nitrogen and oxygen atoms in total. The predicted molar refractivity (Wildman–Crippen MR) is 80.4 cm³/mol. The number of methoxy groups -OCH3 is 1. The molecule has 22 heavy (non-hydrogen) atoms. The zero-order chi connectivity index (χ0) is 15.4. The van der Waals surface area contributed by atoms with Gasteiger partial charge in [-0.2, -0.15) is 0 Å². The van der Waals surface area contributed by atoms with Gasteiger partial charge in [-0.05, 0) is 24.3 Å². The molecule has 2 N–H and O–H groups in total. The summed E-state index contributed by atoms with van der Waals surface area (Å²) in [5, 5.41) is 12.2. The summed E-state index contributed by atoms with van der Waals surface area (Å²) in [5.74, 6) is 2.65. The van der Waals surface area contributed by atoms with E-state index in [0.717, 1.165) is 17.0 Å². The van der Waals surface area contributed by atoms with Gasteiger partial charge in [0.15, 0.2) is 12.2 Å². The summed E-state index contributed by atoms with van der Waals surface area (Å²) in [4.78, 5) is 3.91. The number of ether oxygens (including phenoxy) is 1. The van der Waals surface area contributed by atoms with Crippen molar-refractivity contribution in [3.63, 3.8) is 0 Å². The van der Waals surface area contributed by atoms with Crippen molar-refractivity contribution in [3.8, 4) is 17.1 Å². The lowest BCUT2D eigenvalue weighted by molar-refractivity contribution is 0.244. The van der Waals surface area contributed by atoms with Gasteiger partial charge in [-0.15, -0.1) is 0 Å². The van der Waals surface area contributed by atoms with Crippen molar-refractivity contribution in [2.24, 2.45) is 0 Å². The van der Waals surface area contributed by atoms with Crippen molar-refractivity contribution in [2.45, 2.75) is 13.2 Å². The third-order valence-electron chi connectivity index (χ3n) is 3.24. The van der Waals surface area contributed by atoms with E-state index in [1.54, 1.807) is 19.4 Å². The molecule has 6 heteroatoms. The number of furan rings is 1. The van der Waals surface area contributed by atoms with E-state index in [4.69, 9.17) is 18.7 Å². The molecule has 0 radical (unpaired) electrons. The van der Waals surface area contributed by atoms with Crippen molar-refractivity contribution < 1.29 is 18.7 Å². The lowest BCUT2D eigenvalue weighted by Gasteiger charge is -2.10. The van der Waals surface area contributed by atoms with E-state index in [9.17, 15) is 0 Å². The summed E-state index contributed by atoms with van der Waals surface area (Å²) >= 11 is 0. The minimum absolute atomic E-state index is 0.0975.